The van der Waals surface area contributed by atoms with Gasteiger partial charge in [0.2, 0.25) is 5.91 Å². The highest BCUT2D eigenvalue weighted by molar-refractivity contribution is 5.94. The third-order valence-corrected chi connectivity index (χ3v) is 4.53. The molecule has 1 aliphatic rings. The Morgan fingerprint density at radius 3 is 2.32 bits per heavy atom. The molecule has 1 aromatic carbocycles. The standard InChI is InChI=1S/C17H18F3N5O3/c1-22-11-21-25(16(22)28)10-14(26)23-5-7-24(8-6-23)15(27)12-3-2-4-13(9-12)17(18,19)20/h2-4,9,11H,5-8,10H2,1H3. The lowest BCUT2D eigenvalue weighted by Crippen LogP contribution is -2.51. The fourth-order valence-corrected chi connectivity index (χ4v) is 2.93. The van der Waals surface area contributed by atoms with E-state index in [1.807, 2.05) is 0 Å². The summed E-state index contributed by atoms with van der Waals surface area (Å²) >= 11 is 0. The summed E-state index contributed by atoms with van der Waals surface area (Å²) in [5.74, 6) is -0.828. The van der Waals surface area contributed by atoms with Crippen LogP contribution in [0.3, 0.4) is 0 Å². The summed E-state index contributed by atoms with van der Waals surface area (Å²) < 4.78 is 40.8. The van der Waals surface area contributed by atoms with E-state index in [0.29, 0.717) is 0 Å². The van der Waals surface area contributed by atoms with Crippen molar-refractivity contribution in [2.45, 2.75) is 12.7 Å². The summed E-state index contributed by atoms with van der Waals surface area (Å²) in [6.45, 7) is 0.632. The van der Waals surface area contributed by atoms with Crippen LogP contribution in [0.1, 0.15) is 15.9 Å². The number of hydrogen-bond donors (Lipinski definition) is 0. The Kier molecular flexibility index (Phi) is 5.25. The molecule has 1 fully saturated rings. The molecule has 1 saturated heterocycles. The number of amides is 2. The normalized spacial score (nSPS) is 15.0. The third-order valence-electron chi connectivity index (χ3n) is 4.53. The third kappa shape index (κ3) is 4.07. The molecule has 0 radical (unpaired) electrons. The molecule has 0 N–H and O–H groups in total. The number of aromatic nitrogens is 3. The van der Waals surface area contributed by atoms with Gasteiger partial charge >= 0.3 is 11.9 Å². The maximum Gasteiger partial charge on any atom is 0.416 e. The minimum atomic E-state index is -4.52. The fourth-order valence-electron chi connectivity index (χ4n) is 2.93. The first kappa shape index (κ1) is 19.6. The van der Waals surface area contributed by atoms with Crippen LogP contribution in [0.25, 0.3) is 0 Å². The van der Waals surface area contributed by atoms with Gasteiger partial charge in [0.05, 0.1) is 5.56 Å². The molecule has 2 aromatic rings. The number of aryl methyl sites for hydroxylation is 1. The largest absolute Gasteiger partial charge is 0.416 e. The number of piperazine rings is 1. The summed E-state index contributed by atoms with van der Waals surface area (Å²) in [5.41, 5.74) is -1.34. The maximum atomic E-state index is 12.8. The summed E-state index contributed by atoms with van der Waals surface area (Å²) in [6.07, 6.45) is -3.22. The van der Waals surface area contributed by atoms with E-state index in [1.54, 1.807) is 0 Å². The van der Waals surface area contributed by atoms with Crippen molar-refractivity contribution in [1.82, 2.24) is 24.1 Å². The highest BCUT2D eigenvalue weighted by Gasteiger charge is 2.32. The minimum Gasteiger partial charge on any atom is -0.338 e. The molecular weight excluding hydrogens is 379 g/mol. The molecule has 0 bridgehead atoms. The molecule has 2 amide bonds. The first-order valence-electron chi connectivity index (χ1n) is 8.49. The van der Waals surface area contributed by atoms with Crippen LogP contribution in [-0.2, 0) is 24.6 Å². The Labute approximate surface area is 157 Å². The van der Waals surface area contributed by atoms with Crippen LogP contribution in [-0.4, -0.2) is 62.1 Å². The monoisotopic (exact) mass is 397 g/mol. The first-order chi connectivity index (χ1) is 13.2. The molecule has 150 valence electrons. The van der Waals surface area contributed by atoms with Gasteiger partial charge in [-0.1, -0.05) is 6.07 Å². The molecule has 0 aliphatic carbocycles. The van der Waals surface area contributed by atoms with Crippen molar-refractivity contribution in [3.63, 3.8) is 0 Å². The number of hydrogen-bond acceptors (Lipinski definition) is 4. The lowest BCUT2D eigenvalue weighted by Gasteiger charge is -2.34. The van der Waals surface area contributed by atoms with Crippen molar-refractivity contribution in [3.8, 4) is 0 Å². The molecule has 1 aliphatic heterocycles. The van der Waals surface area contributed by atoms with Crippen molar-refractivity contribution in [2.75, 3.05) is 26.2 Å². The van der Waals surface area contributed by atoms with Crippen molar-refractivity contribution in [3.05, 3.63) is 52.2 Å². The molecule has 11 heteroatoms. The number of carbonyl (C=O) groups excluding carboxylic acids is 2. The molecular formula is C17H18F3N5O3. The smallest absolute Gasteiger partial charge is 0.338 e. The predicted molar refractivity (Wildman–Crippen MR) is 91.4 cm³/mol. The van der Waals surface area contributed by atoms with Gasteiger partial charge in [-0.05, 0) is 18.2 Å². The number of alkyl halides is 3. The zero-order chi connectivity index (χ0) is 20.5. The average molecular weight is 397 g/mol. The van der Waals surface area contributed by atoms with E-state index in [4.69, 9.17) is 0 Å². The van der Waals surface area contributed by atoms with Gasteiger partial charge in [0, 0.05) is 38.8 Å². The summed E-state index contributed by atoms with van der Waals surface area (Å²) in [4.78, 5) is 39.5. The van der Waals surface area contributed by atoms with Gasteiger partial charge in [-0.15, -0.1) is 0 Å². The quantitative estimate of drug-likeness (QED) is 0.759. The van der Waals surface area contributed by atoms with Gasteiger partial charge in [-0.25, -0.2) is 9.48 Å². The topological polar surface area (TPSA) is 80.4 Å². The van der Waals surface area contributed by atoms with Gasteiger partial charge in [-0.3, -0.25) is 14.2 Å². The van der Waals surface area contributed by atoms with E-state index in [2.05, 4.69) is 5.10 Å². The molecule has 0 saturated carbocycles. The van der Waals surface area contributed by atoms with E-state index < -0.39 is 23.3 Å². The van der Waals surface area contributed by atoms with Crippen molar-refractivity contribution in [1.29, 1.82) is 0 Å². The Morgan fingerprint density at radius 2 is 1.75 bits per heavy atom. The van der Waals surface area contributed by atoms with Gasteiger partial charge in [-0.2, -0.15) is 18.3 Å². The molecule has 2 heterocycles. The highest BCUT2D eigenvalue weighted by Crippen LogP contribution is 2.29. The Bertz CT molecular complexity index is 942. The molecule has 8 nitrogen and oxygen atoms in total. The number of rotatable bonds is 3. The van der Waals surface area contributed by atoms with Crippen molar-refractivity contribution < 1.29 is 22.8 Å². The van der Waals surface area contributed by atoms with Gasteiger partial charge < -0.3 is 9.80 Å². The van der Waals surface area contributed by atoms with Crippen LogP contribution < -0.4 is 5.69 Å². The average Bonchev–Trinajstić information content (AvgIpc) is 2.99. The first-order valence-corrected chi connectivity index (χ1v) is 8.49. The second kappa shape index (κ2) is 7.49. The Morgan fingerprint density at radius 1 is 1.11 bits per heavy atom. The molecule has 0 atom stereocenters. The molecule has 0 unspecified atom stereocenters. The Balaban J connectivity index is 1.60. The second-order valence-electron chi connectivity index (χ2n) is 6.43. The molecule has 1 aromatic heterocycles. The fraction of sp³-hybridized carbons (Fsp3) is 0.412. The number of carbonyl (C=O) groups is 2. The lowest BCUT2D eigenvalue weighted by atomic mass is 10.1. The van der Waals surface area contributed by atoms with Crippen molar-refractivity contribution in [2.24, 2.45) is 7.05 Å². The van der Waals surface area contributed by atoms with Crippen LogP contribution >= 0.6 is 0 Å². The van der Waals surface area contributed by atoms with Gasteiger partial charge in [0.1, 0.15) is 12.9 Å². The number of nitrogens with zero attached hydrogens (tertiary/aromatic N) is 5. The van der Waals surface area contributed by atoms with Crippen LogP contribution in [0, 0.1) is 0 Å². The van der Waals surface area contributed by atoms with E-state index in [0.717, 1.165) is 16.8 Å². The molecule has 28 heavy (non-hydrogen) atoms. The van der Waals surface area contributed by atoms with E-state index in [9.17, 15) is 27.6 Å². The number of halogens is 3. The SMILES string of the molecule is Cn1cnn(CC(=O)N2CCN(C(=O)c3cccc(C(F)(F)F)c3)CC2)c1=O. The second-order valence-corrected chi connectivity index (χ2v) is 6.43. The molecule has 0 spiro atoms. The maximum absolute atomic E-state index is 12.8. The summed E-state index contributed by atoms with van der Waals surface area (Å²) in [6, 6.07) is 4.27. The number of benzene rings is 1. The van der Waals surface area contributed by atoms with Crippen LogP contribution in [0.5, 0.6) is 0 Å². The van der Waals surface area contributed by atoms with Gasteiger partial charge in [0.15, 0.2) is 0 Å². The van der Waals surface area contributed by atoms with E-state index >= 15 is 0 Å². The van der Waals surface area contributed by atoms with Crippen molar-refractivity contribution >= 4 is 11.8 Å². The molecule has 3 rings (SSSR count). The summed E-state index contributed by atoms with van der Waals surface area (Å²) in [7, 11) is 1.52. The highest BCUT2D eigenvalue weighted by atomic mass is 19.4. The van der Waals surface area contributed by atoms with E-state index in [-0.39, 0.29) is 44.2 Å². The summed E-state index contributed by atoms with van der Waals surface area (Å²) in [5, 5.41) is 3.82. The zero-order valence-corrected chi connectivity index (χ0v) is 15.0. The van der Waals surface area contributed by atoms with Crippen LogP contribution in [0.2, 0.25) is 0 Å². The lowest BCUT2D eigenvalue weighted by molar-refractivity contribution is -0.137. The predicted octanol–water partition coefficient (Wildman–Crippen LogP) is 0.585. The zero-order valence-electron chi connectivity index (χ0n) is 15.0. The Hall–Kier alpha value is -3.11. The van der Waals surface area contributed by atoms with Crippen LogP contribution in [0.4, 0.5) is 13.2 Å². The minimum absolute atomic E-state index is 0.0466. The van der Waals surface area contributed by atoms with Gasteiger partial charge in [0.25, 0.3) is 5.91 Å². The van der Waals surface area contributed by atoms with E-state index in [1.165, 1.54) is 39.9 Å². The van der Waals surface area contributed by atoms with Crippen LogP contribution in [0.15, 0.2) is 35.4 Å².